The molecule has 0 saturated heterocycles. The molecule has 4 nitrogen and oxygen atoms in total. The summed E-state index contributed by atoms with van der Waals surface area (Å²) in [5.41, 5.74) is 0.670. The molecular weight excluding hydrogens is 274 g/mol. The number of hydrogen-bond acceptors (Lipinski definition) is 3. The Labute approximate surface area is 103 Å². The van der Waals surface area contributed by atoms with Crippen LogP contribution in [0.5, 0.6) is 5.75 Å². The summed E-state index contributed by atoms with van der Waals surface area (Å²) in [6.45, 7) is 2.42. The van der Waals surface area contributed by atoms with Crippen LogP contribution in [0, 0.1) is 0 Å². The van der Waals surface area contributed by atoms with Crippen LogP contribution in [0.2, 0.25) is 0 Å². The lowest BCUT2D eigenvalue weighted by molar-refractivity contribution is -0.120. The van der Waals surface area contributed by atoms with Gasteiger partial charge < -0.3 is 14.8 Å². The van der Waals surface area contributed by atoms with E-state index in [1.807, 2.05) is 19.1 Å². The van der Waals surface area contributed by atoms with Crippen LogP contribution in [-0.2, 0) is 9.53 Å². The highest BCUT2D eigenvalue weighted by Crippen LogP contribution is 2.26. The van der Waals surface area contributed by atoms with Gasteiger partial charge in [0.25, 0.3) is 0 Å². The first-order valence-corrected chi connectivity index (χ1v) is 5.67. The SMILES string of the molecule is CCOCC(=O)Nc1cc(OC)ccc1Br. The summed E-state index contributed by atoms with van der Waals surface area (Å²) in [6.07, 6.45) is 0. The summed E-state index contributed by atoms with van der Waals surface area (Å²) in [5.74, 6) is 0.505. The van der Waals surface area contributed by atoms with Gasteiger partial charge in [-0.3, -0.25) is 4.79 Å². The predicted octanol–water partition coefficient (Wildman–Crippen LogP) is 2.43. The fourth-order valence-electron chi connectivity index (χ4n) is 1.11. The highest BCUT2D eigenvalue weighted by atomic mass is 79.9. The maximum Gasteiger partial charge on any atom is 0.250 e. The molecule has 0 aromatic heterocycles. The Morgan fingerprint density at radius 2 is 2.25 bits per heavy atom. The zero-order chi connectivity index (χ0) is 12.0. The smallest absolute Gasteiger partial charge is 0.250 e. The third kappa shape index (κ3) is 3.83. The first-order valence-electron chi connectivity index (χ1n) is 4.88. The van der Waals surface area contributed by atoms with Crippen LogP contribution >= 0.6 is 15.9 Å². The molecule has 1 N–H and O–H groups in total. The second-order valence-electron chi connectivity index (χ2n) is 3.03. The predicted molar refractivity (Wildman–Crippen MR) is 65.8 cm³/mol. The highest BCUT2D eigenvalue weighted by molar-refractivity contribution is 9.10. The number of halogens is 1. The number of benzene rings is 1. The lowest BCUT2D eigenvalue weighted by Crippen LogP contribution is -2.18. The van der Waals surface area contributed by atoms with Crippen LogP contribution in [0.4, 0.5) is 5.69 Å². The fourth-order valence-corrected chi connectivity index (χ4v) is 1.45. The Morgan fingerprint density at radius 1 is 1.50 bits per heavy atom. The van der Waals surface area contributed by atoms with Crippen molar-refractivity contribution in [3.63, 3.8) is 0 Å². The molecule has 0 aliphatic carbocycles. The van der Waals surface area contributed by atoms with Crippen molar-refractivity contribution in [1.29, 1.82) is 0 Å². The van der Waals surface area contributed by atoms with Crippen LogP contribution in [0.25, 0.3) is 0 Å². The molecule has 1 aromatic carbocycles. The number of methoxy groups -OCH3 is 1. The molecule has 1 aromatic rings. The van der Waals surface area contributed by atoms with E-state index in [0.29, 0.717) is 18.0 Å². The molecule has 1 amide bonds. The van der Waals surface area contributed by atoms with Gasteiger partial charge in [-0.25, -0.2) is 0 Å². The monoisotopic (exact) mass is 287 g/mol. The second-order valence-corrected chi connectivity index (χ2v) is 3.89. The molecule has 0 fully saturated rings. The van der Waals surface area contributed by atoms with E-state index >= 15 is 0 Å². The van der Waals surface area contributed by atoms with Crippen molar-refractivity contribution in [2.75, 3.05) is 25.6 Å². The number of carbonyl (C=O) groups is 1. The molecule has 1 rings (SSSR count). The Kier molecular flexibility index (Phi) is 5.28. The minimum absolute atomic E-state index is 0.0557. The summed E-state index contributed by atoms with van der Waals surface area (Å²) in [4.78, 5) is 11.4. The van der Waals surface area contributed by atoms with E-state index in [4.69, 9.17) is 9.47 Å². The lowest BCUT2D eigenvalue weighted by atomic mass is 10.3. The van der Waals surface area contributed by atoms with E-state index in [9.17, 15) is 4.79 Å². The molecule has 0 saturated carbocycles. The number of amides is 1. The van der Waals surface area contributed by atoms with Crippen molar-refractivity contribution >= 4 is 27.5 Å². The fraction of sp³-hybridized carbons (Fsp3) is 0.364. The molecule has 0 spiro atoms. The topological polar surface area (TPSA) is 47.6 Å². The number of carbonyl (C=O) groups excluding carboxylic acids is 1. The highest BCUT2D eigenvalue weighted by Gasteiger charge is 2.06. The van der Waals surface area contributed by atoms with Crippen molar-refractivity contribution in [1.82, 2.24) is 0 Å². The number of nitrogens with one attached hydrogen (secondary N) is 1. The number of rotatable bonds is 5. The molecule has 88 valence electrons. The minimum Gasteiger partial charge on any atom is -0.497 e. The van der Waals surface area contributed by atoms with E-state index < -0.39 is 0 Å². The maximum atomic E-state index is 11.4. The molecule has 0 bridgehead atoms. The molecule has 0 aliphatic rings. The van der Waals surface area contributed by atoms with Gasteiger partial charge in [-0.05, 0) is 35.0 Å². The van der Waals surface area contributed by atoms with Crippen molar-refractivity contribution in [3.05, 3.63) is 22.7 Å². The van der Waals surface area contributed by atoms with Gasteiger partial charge in [0.1, 0.15) is 12.4 Å². The summed E-state index contributed by atoms with van der Waals surface area (Å²) >= 11 is 3.35. The largest absolute Gasteiger partial charge is 0.497 e. The summed E-state index contributed by atoms with van der Waals surface area (Å²) in [6, 6.07) is 5.37. The lowest BCUT2D eigenvalue weighted by Gasteiger charge is -2.09. The molecule has 0 radical (unpaired) electrons. The van der Waals surface area contributed by atoms with Crippen LogP contribution in [0.1, 0.15) is 6.92 Å². The van der Waals surface area contributed by atoms with E-state index in [1.54, 1.807) is 13.2 Å². The van der Waals surface area contributed by atoms with Gasteiger partial charge >= 0.3 is 0 Å². The summed E-state index contributed by atoms with van der Waals surface area (Å²) < 4.78 is 10.9. The second kappa shape index (κ2) is 6.50. The Hall–Kier alpha value is -1.07. The van der Waals surface area contributed by atoms with Crippen LogP contribution in [0.3, 0.4) is 0 Å². The number of anilines is 1. The molecule has 16 heavy (non-hydrogen) atoms. The molecule has 0 unspecified atom stereocenters. The average molecular weight is 288 g/mol. The van der Waals surface area contributed by atoms with Gasteiger partial charge in [-0.2, -0.15) is 0 Å². The average Bonchev–Trinajstić information content (AvgIpc) is 2.29. The summed E-state index contributed by atoms with van der Waals surface area (Å²) in [7, 11) is 1.58. The van der Waals surface area contributed by atoms with Crippen molar-refractivity contribution < 1.29 is 14.3 Å². The third-order valence-corrected chi connectivity index (χ3v) is 2.58. The Balaban J connectivity index is 2.68. The Bertz CT molecular complexity index is 368. The Morgan fingerprint density at radius 3 is 2.88 bits per heavy atom. The quantitative estimate of drug-likeness (QED) is 0.905. The van der Waals surface area contributed by atoms with Gasteiger partial charge in [0.2, 0.25) is 5.91 Å². The van der Waals surface area contributed by atoms with Gasteiger partial charge in [0, 0.05) is 17.1 Å². The first kappa shape index (κ1) is 13.0. The number of hydrogen-bond donors (Lipinski definition) is 1. The third-order valence-electron chi connectivity index (χ3n) is 1.88. The van der Waals surface area contributed by atoms with Crippen LogP contribution in [-0.4, -0.2) is 26.2 Å². The van der Waals surface area contributed by atoms with Crippen LogP contribution in [0.15, 0.2) is 22.7 Å². The standard InChI is InChI=1S/C11H14BrNO3/c1-3-16-7-11(14)13-10-6-8(15-2)4-5-9(10)12/h4-6H,3,7H2,1-2H3,(H,13,14). The summed E-state index contributed by atoms with van der Waals surface area (Å²) in [5, 5.41) is 2.73. The molecule has 0 aliphatic heterocycles. The minimum atomic E-state index is -0.184. The van der Waals surface area contributed by atoms with Gasteiger partial charge in [0.15, 0.2) is 0 Å². The zero-order valence-electron chi connectivity index (χ0n) is 9.25. The first-order chi connectivity index (χ1) is 7.67. The molecule has 0 atom stereocenters. The van der Waals surface area contributed by atoms with E-state index in [0.717, 1.165) is 4.47 Å². The molecule has 5 heteroatoms. The molecule has 0 heterocycles. The molecular formula is C11H14BrNO3. The zero-order valence-corrected chi connectivity index (χ0v) is 10.8. The van der Waals surface area contributed by atoms with E-state index in [-0.39, 0.29) is 12.5 Å². The van der Waals surface area contributed by atoms with E-state index in [1.165, 1.54) is 0 Å². The van der Waals surface area contributed by atoms with Gasteiger partial charge in [-0.15, -0.1) is 0 Å². The van der Waals surface area contributed by atoms with Gasteiger partial charge in [0.05, 0.1) is 12.8 Å². The van der Waals surface area contributed by atoms with Crippen LogP contribution < -0.4 is 10.1 Å². The van der Waals surface area contributed by atoms with Crippen molar-refractivity contribution in [3.8, 4) is 5.75 Å². The van der Waals surface area contributed by atoms with E-state index in [2.05, 4.69) is 21.2 Å². The normalized spacial score (nSPS) is 9.94. The maximum absolute atomic E-state index is 11.4. The van der Waals surface area contributed by atoms with Crippen molar-refractivity contribution in [2.24, 2.45) is 0 Å². The number of ether oxygens (including phenoxy) is 2. The van der Waals surface area contributed by atoms with Crippen molar-refractivity contribution in [2.45, 2.75) is 6.92 Å². The van der Waals surface area contributed by atoms with Gasteiger partial charge in [-0.1, -0.05) is 0 Å².